The number of fused-ring (bicyclic) bond motifs is 1. The zero-order valence-electron chi connectivity index (χ0n) is 20.1. The monoisotopic (exact) mass is 552 g/mol. The van der Waals surface area contributed by atoms with E-state index in [1.165, 1.54) is 24.3 Å². The second-order valence-corrected chi connectivity index (χ2v) is 9.94. The van der Waals surface area contributed by atoms with Crippen LogP contribution in [0.5, 0.6) is 5.75 Å². The van der Waals surface area contributed by atoms with E-state index in [4.69, 9.17) is 33.9 Å². The van der Waals surface area contributed by atoms with Gasteiger partial charge in [0.1, 0.15) is 5.75 Å². The molecule has 4 rings (SSSR count). The minimum absolute atomic E-state index is 0.0693. The SMILES string of the molecule is CC(C)(CN)n1c(=Nc2ccc(OC(F)(F)F)cc2)n(Cc2ccc(CO)cc2)c2cc(Cl)c(Cl)cc21. The summed E-state index contributed by atoms with van der Waals surface area (Å²) in [6.45, 7) is 4.49. The molecule has 6 nitrogen and oxygen atoms in total. The predicted octanol–water partition coefficient (Wildman–Crippen LogP) is 6.12. The Bertz CT molecular complexity index is 1480. The molecular weight excluding hydrogens is 528 g/mol. The lowest BCUT2D eigenvalue weighted by molar-refractivity contribution is -0.274. The maximum atomic E-state index is 12.6. The van der Waals surface area contributed by atoms with Gasteiger partial charge in [-0.2, -0.15) is 0 Å². The van der Waals surface area contributed by atoms with Gasteiger partial charge in [0.05, 0.1) is 45.5 Å². The average Bonchev–Trinajstić information content (AvgIpc) is 3.12. The van der Waals surface area contributed by atoms with E-state index < -0.39 is 11.9 Å². The molecule has 37 heavy (non-hydrogen) atoms. The Balaban J connectivity index is 1.98. The van der Waals surface area contributed by atoms with Crippen LogP contribution in [0.1, 0.15) is 25.0 Å². The number of hydrogen-bond acceptors (Lipinski definition) is 4. The van der Waals surface area contributed by atoms with E-state index in [1.54, 1.807) is 12.1 Å². The molecule has 4 aromatic rings. The highest BCUT2D eigenvalue weighted by atomic mass is 35.5. The van der Waals surface area contributed by atoms with E-state index in [0.29, 0.717) is 27.9 Å². The van der Waals surface area contributed by atoms with Crippen molar-refractivity contribution < 1.29 is 23.0 Å². The van der Waals surface area contributed by atoms with Gasteiger partial charge in [-0.25, -0.2) is 4.99 Å². The van der Waals surface area contributed by atoms with Crippen LogP contribution in [0.2, 0.25) is 10.0 Å². The topological polar surface area (TPSA) is 77.7 Å². The predicted molar refractivity (Wildman–Crippen MR) is 138 cm³/mol. The summed E-state index contributed by atoms with van der Waals surface area (Å²) in [6, 6.07) is 16.3. The lowest BCUT2D eigenvalue weighted by atomic mass is 10.1. The number of nitrogens with two attached hydrogens (primary N) is 1. The highest BCUT2D eigenvalue weighted by Gasteiger charge is 2.31. The van der Waals surface area contributed by atoms with Crippen molar-refractivity contribution in [3.8, 4) is 5.75 Å². The summed E-state index contributed by atoms with van der Waals surface area (Å²) >= 11 is 12.8. The van der Waals surface area contributed by atoms with Crippen molar-refractivity contribution in [3.63, 3.8) is 0 Å². The van der Waals surface area contributed by atoms with Crippen molar-refractivity contribution in [1.82, 2.24) is 9.13 Å². The Morgan fingerprint density at radius 3 is 2.03 bits per heavy atom. The molecule has 0 spiro atoms. The first-order chi connectivity index (χ1) is 17.4. The van der Waals surface area contributed by atoms with Gasteiger partial charge in [0.15, 0.2) is 0 Å². The minimum atomic E-state index is -4.79. The number of aliphatic hydroxyl groups is 1. The number of benzene rings is 3. The molecule has 0 bridgehead atoms. The van der Waals surface area contributed by atoms with Gasteiger partial charge in [-0.15, -0.1) is 13.2 Å². The first kappa shape index (κ1) is 27.1. The van der Waals surface area contributed by atoms with Gasteiger partial charge in [0.2, 0.25) is 5.62 Å². The molecule has 0 unspecified atom stereocenters. The summed E-state index contributed by atoms with van der Waals surface area (Å²) in [5, 5.41) is 10.1. The van der Waals surface area contributed by atoms with Gasteiger partial charge in [0.25, 0.3) is 0 Å². The van der Waals surface area contributed by atoms with Crippen molar-refractivity contribution in [3.05, 3.63) is 87.5 Å². The Labute approximate surface area is 221 Å². The molecule has 3 aromatic carbocycles. The minimum Gasteiger partial charge on any atom is -0.406 e. The van der Waals surface area contributed by atoms with Crippen molar-refractivity contribution in [1.29, 1.82) is 0 Å². The van der Waals surface area contributed by atoms with E-state index in [-0.39, 0.29) is 18.9 Å². The molecule has 0 amide bonds. The van der Waals surface area contributed by atoms with Gasteiger partial charge in [-0.3, -0.25) is 0 Å². The van der Waals surface area contributed by atoms with E-state index in [2.05, 4.69) is 4.74 Å². The summed E-state index contributed by atoms with van der Waals surface area (Å²) < 4.78 is 45.7. The van der Waals surface area contributed by atoms with Crippen LogP contribution in [0.25, 0.3) is 11.0 Å². The molecule has 0 saturated heterocycles. The molecule has 0 aliphatic rings. The molecule has 1 heterocycles. The van der Waals surface area contributed by atoms with E-state index in [1.807, 2.05) is 47.2 Å². The number of halogens is 5. The lowest BCUT2D eigenvalue weighted by Crippen LogP contribution is -2.43. The number of aliphatic hydroxyl groups excluding tert-OH is 1. The fraction of sp³-hybridized carbons (Fsp3) is 0.269. The van der Waals surface area contributed by atoms with Gasteiger partial charge < -0.3 is 24.7 Å². The summed E-state index contributed by atoms with van der Waals surface area (Å²) in [6.07, 6.45) is -4.79. The average molecular weight is 553 g/mol. The zero-order valence-corrected chi connectivity index (χ0v) is 21.6. The van der Waals surface area contributed by atoms with Crippen molar-refractivity contribution >= 4 is 39.9 Å². The third-order valence-corrected chi connectivity index (χ3v) is 6.66. The van der Waals surface area contributed by atoms with E-state index >= 15 is 0 Å². The maximum Gasteiger partial charge on any atom is 0.573 e. The number of aromatic nitrogens is 2. The number of nitrogens with zero attached hydrogens (tertiary/aromatic N) is 3. The van der Waals surface area contributed by atoms with E-state index in [9.17, 15) is 18.3 Å². The van der Waals surface area contributed by atoms with Gasteiger partial charge >= 0.3 is 6.36 Å². The Morgan fingerprint density at radius 1 is 0.919 bits per heavy atom. The lowest BCUT2D eigenvalue weighted by Gasteiger charge is -2.26. The van der Waals surface area contributed by atoms with Crippen LogP contribution in [-0.4, -0.2) is 27.1 Å². The van der Waals surface area contributed by atoms with Crippen LogP contribution in [-0.2, 0) is 18.7 Å². The van der Waals surface area contributed by atoms with E-state index in [0.717, 1.165) is 22.2 Å². The van der Waals surface area contributed by atoms with Crippen molar-refractivity contribution in [2.75, 3.05) is 6.54 Å². The summed E-state index contributed by atoms with van der Waals surface area (Å²) in [5.74, 6) is -0.343. The molecule has 0 aliphatic heterocycles. The molecule has 1 aromatic heterocycles. The number of rotatable bonds is 7. The fourth-order valence-corrected chi connectivity index (χ4v) is 4.30. The first-order valence-electron chi connectivity index (χ1n) is 11.3. The highest BCUT2D eigenvalue weighted by molar-refractivity contribution is 6.42. The molecule has 3 N–H and O–H groups in total. The number of ether oxygens (including phenoxy) is 1. The van der Waals surface area contributed by atoms with Crippen molar-refractivity contribution in [2.45, 2.75) is 38.9 Å². The normalized spacial score (nSPS) is 12.9. The quantitative estimate of drug-likeness (QED) is 0.290. The van der Waals surface area contributed by atoms with Gasteiger partial charge in [-0.05, 0) is 61.4 Å². The molecule has 0 radical (unpaired) electrons. The Hall–Kier alpha value is -2.98. The maximum absolute atomic E-state index is 12.6. The Kier molecular flexibility index (Phi) is 7.62. The molecule has 0 aliphatic carbocycles. The van der Waals surface area contributed by atoms with Crippen LogP contribution in [0.3, 0.4) is 0 Å². The zero-order chi connectivity index (χ0) is 27.0. The van der Waals surface area contributed by atoms with Gasteiger partial charge in [0, 0.05) is 6.54 Å². The third-order valence-electron chi connectivity index (χ3n) is 5.94. The molecule has 0 saturated carbocycles. The molecule has 196 valence electrons. The van der Waals surface area contributed by atoms with Crippen molar-refractivity contribution in [2.24, 2.45) is 10.7 Å². The van der Waals surface area contributed by atoms with Crippen LogP contribution in [0, 0.1) is 0 Å². The second kappa shape index (κ2) is 10.4. The number of alkyl halides is 3. The van der Waals surface area contributed by atoms with Crippen LogP contribution >= 0.6 is 23.2 Å². The van der Waals surface area contributed by atoms with Gasteiger partial charge in [-0.1, -0.05) is 47.5 Å². The fourth-order valence-electron chi connectivity index (χ4n) is 3.98. The van der Waals surface area contributed by atoms with Crippen LogP contribution in [0.4, 0.5) is 18.9 Å². The molecular formula is C26H25Cl2F3N4O2. The largest absolute Gasteiger partial charge is 0.573 e. The Morgan fingerprint density at radius 2 is 1.49 bits per heavy atom. The summed E-state index contributed by atoms with van der Waals surface area (Å²) in [7, 11) is 0. The summed E-state index contributed by atoms with van der Waals surface area (Å²) in [4.78, 5) is 4.83. The van der Waals surface area contributed by atoms with Crippen LogP contribution < -0.4 is 16.1 Å². The number of imidazole rings is 1. The highest BCUT2D eigenvalue weighted by Crippen LogP contribution is 2.31. The van der Waals surface area contributed by atoms with Crippen LogP contribution in [0.15, 0.2) is 65.7 Å². The molecule has 0 fully saturated rings. The second-order valence-electron chi connectivity index (χ2n) is 9.12. The third kappa shape index (κ3) is 5.96. The number of hydrogen-bond donors (Lipinski definition) is 2. The molecule has 11 heteroatoms. The smallest absolute Gasteiger partial charge is 0.406 e. The molecule has 0 atom stereocenters. The first-order valence-corrected chi connectivity index (χ1v) is 12.1. The standard InChI is InChI=1S/C26H25Cl2F3N4O2/c1-25(2,15-32)35-23-12-21(28)20(27)11-22(23)34(13-16-3-5-17(14-36)6-4-16)24(35)33-18-7-9-19(10-8-18)37-26(29,30)31/h3-12,36H,13-15,32H2,1-2H3. The summed E-state index contributed by atoms with van der Waals surface area (Å²) in [5.41, 5.74) is 9.66.